The topological polar surface area (TPSA) is 59.2 Å². The first kappa shape index (κ1) is 11.0. The molecule has 1 aromatic rings. The predicted octanol–water partition coefficient (Wildman–Crippen LogP) is 1.60. The molecule has 0 aliphatic carbocycles. The number of thioether (sulfide) groups is 1. The molecule has 0 saturated carbocycles. The van der Waals surface area contributed by atoms with E-state index in [1.807, 2.05) is 11.8 Å². The molecule has 1 aliphatic heterocycles. The molecule has 0 spiro atoms. The van der Waals surface area contributed by atoms with Crippen molar-refractivity contribution < 1.29 is 9.63 Å². The smallest absolute Gasteiger partial charge is 0.229 e. The summed E-state index contributed by atoms with van der Waals surface area (Å²) < 4.78 is 5.22. The number of aliphatic hydroxyl groups excluding tert-OH is 1. The molecular formula is C10H16N2O2S. The van der Waals surface area contributed by atoms with Crippen LogP contribution in [0.2, 0.25) is 0 Å². The molecule has 1 saturated heterocycles. The lowest BCUT2D eigenvalue weighted by atomic mass is 10.0. The fourth-order valence-corrected chi connectivity index (χ4v) is 2.83. The van der Waals surface area contributed by atoms with Crippen LogP contribution in [-0.4, -0.2) is 32.9 Å². The van der Waals surface area contributed by atoms with E-state index in [2.05, 4.69) is 10.1 Å². The normalized spacial score (nSPS) is 20.4. The van der Waals surface area contributed by atoms with Crippen molar-refractivity contribution in [3.63, 3.8) is 0 Å². The van der Waals surface area contributed by atoms with E-state index >= 15 is 0 Å². The van der Waals surface area contributed by atoms with Gasteiger partial charge in [-0.2, -0.15) is 16.7 Å². The summed E-state index contributed by atoms with van der Waals surface area (Å²) in [5.74, 6) is 4.17. The maximum atomic E-state index is 9.20. The molecule has 0 bridgehead atoms. The van der Waals surface area contributed by atoms with Gasteiger partial charge in [0.25, 0.3) is 0 Å². The maximum Gasteiger partial charge on any atom is 0.229 e. The van der Waals surface area contributed by atoms with E-state index in [0.717, 1.165) is 18.7 Å². The van der Waals surface area contributed by atoms with Gasteiger partial charge in [-0.05, 0) is 31.3 Å². The lowest BCUT2D eigenvalue weighted by Gasteiger charge is -2.16. The number of nitrogens with zero attached hydrogens (tertiary/aromatic N) is 2. The van der Waals surface area contributed by atoms with Crippen LogP contribution in [0.15, 0.2) is 4.52 Å². The molecule has 5 heteroatoms. The van der Waals surface area contributed by atoms with Crippen LogP contribution in [0.25, 0.3) is 0 Å². The van der Waals surface area contributed by atoms with E-state index in [4.69, 9.17) is 4.52 Å². The van der Waals surface area contributed by atoms with Crippen molar-refractivity contribution in [3.8, 4) is 0 Å². The van der Waals surface area contributed by atoms with Gasteiger partial charge in [0.05, 0.1) is 6.10 Å². The van der Waals surface area contributed by atoms with Gasteiger partial charge in [0.15, 0.2) is 5.82 Å². The molecule has 2 rings (SSSR count). The first-order valence-electron chi connectivity index (χ1n) is 5.34. The van der Waals surface area contributed by atoms with Crippen LogP contribution in [0, 0.1) is 0 Å². The summed E-state index contributed by atoms with van der Waals surface area (Å²) in [5, 5.41) is 13.1. The summed E-state index contributed by atoms with van der Waals surface area (Å²) in [7, 11) is 0. The van der Waals surface area contributed by atoms with Crippen molar-refractivity contribution in [2.75, 3.05) is 11.5 Å². The van der Waals surface area contributed by atoms with Gasteiger partial charge in [-0.15, -0.1) is 0 Å². The summed E-state index contributed by atoms with van der Waals surface area (Å²) in [5.41, 5.74) is 0. The maximum absolute atomic E-state index is 9.20. The number of hydrogen-bond acceptors (Lipinski definition) is 5. The van der Waals surface area contributed by atoms with Gasteiger partial charge in [0.1, 0.15) is 0 Å². The van der Waals surface area contributed by atoms with Crippen molar-refractivity contribution in [2.24, 2.45) is 0 Å². The molecule has 4 nitrogen and oxygen atoms in total. The van der Waals surface area contributed by atoms with Crippen LogP contribution in [-0.2, 0) is 6.42 Å². The van der Waals surface area contributed by atoms with E-state index in [0.29, 0.717) is 18.2 Å². The Bertz CT molecular complexity index is 308. The van der Waals surface area contributed by atoms with Crippen molar-refractivity contribution >= 4 is 11.8 Å². The van der Waals surface area contributed by atoms with Gasteiger partial charge >= 0.3 is 0 Å². The van der Waals surface area contributed by atoms with Gasteiger partial charge in [-0.3, -0.25) is 0 Å². The van der Waals surface area contributed by atoms with E-state index in [1.54, 1.807) is 6.92 Å². The van der Waals surface area contributed by atoms with Gasteiger partial charge in [0.2, 0.25) is 5.89 Å². The van der Waals surface area contributed by atoms with Gasteiger partial charge in [-0.1, -0.05) is 5.16 Å². The average Bonchev–Trinajstić information content (AvgIpc) is 2.67. The van der Waals surface area contributed by atoms with Crippen LogP contribution >= 0.6 is 11.8 Å². The second-order valence-electron chi connectivity index (χ2n) is 3.99. The van der Waals surface area contributed by atoms with Crippen LogP contribution in [0.5, 0.6) is 0 Å². The highest BCUT2D eigenvalue weighted by atomic mass is 32.2. The minimum absolute atomic E-state index is 0.405. The molecular weight excluding hydrogens is 212 g/mol. The minimum atomic E-state index is -0.405. The third kappa shape index (κ3) is 2.95. The highest BCUT2D eigenvalue weighted by molar-refractivity contribution is 7.99. The first-order chi connectivity index (χ1) is 7.25. The Kier molecular flexibility index (Phi) is 3.64. The number of hydrogen-bond donors (Lipinski definition) is 1. The first-order valence-corrected chi connectivity index (χ1v) is 6.49. The van der Waals surface area contributed by atoms with Crippen molar-refractivity contribution in [1.82, 2.24) is 10.1 Å². The Hall–Kier alpha value is -0.550. The molecule has 0 aromatic carbocycles. The Morgan fingerprint density at radius 3 is 2.93 bits per heavy atom. The van der Waals surface area contributed by atoms with E-state index in [1.165, 1.54) is 11.5 Å². The molecule has 1 aliphatic rings. The highest BCUT2D eigenvalue weighted by Crippen LogP contribution is 2.30. The summed E-state index contributed by atoms with van der Waals surface area (Å²) in [6.45, 7) is 1.73. The van der Waals surface area contributed by atoms with Crippen molar-refractivity contribution in [3.05, 3.63) is 11.7 Å². The second-order valence-corrected chi connectivity index (χ2v) is 5.21. The lowest BCUT2D eigenvalue weighted by Crippen LogP contribution is -2.09. The van der Waals surface area contributed by atoms with Crippen LogP contribution in [0.1, 0.15) is 37.4 Å². The molecule has 0 radical (unpaired) electrons. The third-order valence-corrected chi connectivity index (χ3v) is 3.58. The monoisotopic (exact) mass is 228 g/mol. The standard InChI is InChI=1S/C10H16N2O2S/c1-7(13)6-9-11-10(14-12-9)8-2-4-15-5-3-8/h7-8,13H,2-6H2,1H3. The predicted molar refractivity (Wildman–Crippen MR) is 59.0 cm³/mol. The largest absolute Gasteiger partial charge is 0.393 e. The summed E-state index contributed by atoms with van der Waals surface area (Å²) >= 11 is 1.98. The van der Waals surface area contributed by atoms with E-state index in [-0.39, 0.29) is 0 Å². The molecule has 1 N–H and O–H groups in total. The molecule has 0 amide bonds. The van der Waals surface area contributed by atoms with Crippen LogP contribution in [0.4, 0.5) is 0 Å². The Balaban J connectivity index is 1.99. The van der Waals surface area contributed by atoms with Crippen LogP contribution in [0.3, 0.4) is 0 Å². The molecule has 84 valence electrons. The molecule has 1 atom stereocenters. The Morgan fingerprint density at radius 1 is 1.53 bits per heavy atom. The Labute approximate surface area is 93.4 Å². The quantitative estimate of drug-likeness (QED) is 0.851. The number of aliphatic hydroxyl groups is 1. The summed E-state index contributed by atoms with van der Waals surface area (Å²) in [6.07, 6.45) is 2.32. The van der Waals surface area contributed by atoms with E-state index in [9.17, 15) is 5.11 Å². The van der Waals surface area contributed by atoms with Crippen molar-refractivity contribution in [2.45, 2.75) is 38.2 Å². The molecule has 1 aromatic heterocycles. The Morgan fingerprint density at radius 2 is 2.27 bits per heavy atom. The zero-order chi connectivity index (χ0) is 10.7. The van der Waals surface area contributed by atoms with Gasteiger partial charge < -0.3 is 9.63 Å². The molecule has 2 heterocycles. The van der Waals surface area contributed by atoms with Gasteiger partial charge in [-0.25, -0.2) is 0 Å². The number of rotatable bonds is 3. The fourth-order valence-electron chi connectivity index (χ4n) is 1.72. The second kappa shape index (κ2) is 4.99. The highest BCUT2D eigenvalue weighted by Gasteiger charge is 2.21. The summed E-state index contributed by atoms with van der Waals surface area (Å²) in [6, 6.07) is 0. The average molecular weight is 228 g/mol. The van der Waals surface area contributed by atoms with Gasteiger partial charge in [0, 0.05) is 12.3 Å². The van der Waals surface area contributed by atoms with Crippen molar-refractivity contribution in [1.29, 1.82) is 0 Å². The third-order valence-electron chi connectivity index (χ3n) is 2.53. The minimum Gasteiger partial charge on any atom is -0.393 e. The van der Waals surface area contributed by atoms with Crippen LogP contribution < -0.4 is 0 Å². The SMILES string of the molecule is CC(O)Cc1noc(C2CCSCC2)n1. The molecule has 15 heavy (non-hydrogen) atoms. The zero-order valence-electron chi connectivity index (χ0n) is 8.85. The van der Waals surface area contributed by atoms with E-state index < -0.39 is 6.10 Å². The number of aromatic nitrogens is 2. The summed E-state index contributed by atoms with van der Waals surface area (Å²) in [4.78, 5) is 4.33. The fraction of sp³-hybridized carbons (Fsp3) is 0.800. The molecule has 1 fully saturated rings. The zero-order valence-corrected chi connectivity index (χ0v) is 9.66. The molecule has 1 unspecified atom stereocenters. The lowest BCUT2D eigenvalue weighted by molar-refractivity contribution is 0.191.